The molecule has 1 aliphatic rings. The van der Waals surface area contributed by atoms with Gasteiger partial charge in [-0.1, -0.05) is 84.6 Å². The lowest BCUT2D eigenvalue weighted by molar-refractivity contribution is -0.665. The molecule has 1 aliphatic heterocycles. The zero-order chi connectivity index (χ0) is 23.9. The maximum Gasteiger partial charge on any atom is 0.263 e. The van der Waals surface area contributed by atoms with Crippen LogP contribution >= 0.6 is 23.1 Å². The number of nitrogens with zero attached hydrogens (tertiary/aromatic N) is 2. The number of aryl methyl sites for hydroxylation is 1. The largest absolute Gasteiger partial charge is 0.335 e. The van der Waals surface area contributed by atoms with Gasteiger partial charge in [-0.15, -0.1) is 0 Å². The van der Waals surface area contributed by atoms with E-state index in [2.05, 4.69) is 115 Å². The highest BCUT2D eigenvalue weighted by molar-refractivity contribution is 8.04. The van der Waals surface area contributed by atoms with Crippen molar-refractivity contribution < 1.29 is 4.57 Å². The molecule has 0 saturated carbocycles. The van der Waals surface area contributed by atoms with Gasteiger partial charge in [0.05, 0.1) is 10.7 Å². The van der Waals surface area contributed by atoms with Crippen LogP contribution < -0.4 is 9.47 Å². The van der Waals surface area contributed by atoms with Crippen LogP contribution in [0.25, 0.3) is 37.8 Å². The molecule has 0 aliphatic carbocycles. The summed E-state index contributed by atoms with van der Waals surface area (Å²) in [6.45, 7) is 8.68. The molecule has 0 radical (unpaired) electrons. The molecule has 0 fully saturated rings. The number of hydrogen-bond donors (Lipinski definition) is 0. The first-order valence-electron chi connectivity index (χ1n) is 12.4. The van der Waals surface area contributed by atoms with Gasteiger partial charge in [-0.3, -0.25) is 0 Å². The lowest BCUT2D eigenvalue weighted by Gasteiger charge is -2.18. The second-order valence-corrected chi connectivity index (χ2v) is 10.9. The minimum Gasteiger partial charge on any atom is -0.335 e. The molecule has 2 heterocycles. The summed E-state index contributed by atoms with van der Waals surface area (Å²) in [7, 11) is 0. The fraction of sp³-hybridized carbons (Fsp3) is 0.194. The van der Waals surface area contributed by atoms with E-state index in [-0.39, 0.29) is 0 Å². The molecular formula is C31H29N2S2+. The Morgan fingerprint density at radius 1 is 0.857 bits per heavy atom. The third kappa shape index (κ3) is 3.76. The van der Waals surface area contributed by atoms with E-state index in [9.17, 15) is 0 Å². The fourth-order valence-electron chi connectivity index (χ4n) is 5.09. The normalized spacial score (nSPS) is 15.1. The molecule has 0 unspecified atom stereocenters. The van der Waals surface area contributed by atoms with Gasteiger partial charge in [-0.05, 0) is 60.2 Å². The molecule has 35 heavy (non-hydrogen) atoms. The van der Waals surface area contributed by atoms with Crippen molar-refractivity contribution in [3.63, 3.8) is 0 Å². The predicted molar refractivity (Wildman–Crippen MR) is 154 cm³/mol. The van der Waals surface area contributed by atoms with Crippen LogP contribution in [0.3, 0.4) is 0 Å². The highest BCUT2D eigenvalue weighted by atomic mass is 32.2. The Morgan fingerprint density at radius 3 is 2.31 bits per heavy atom. The minimum atomic E-state index is 0.963. The van der Waals surface area contributed by atoms with Crippen molar-refractivity contribution in [1.82, 2.24) is 0 Å². The van der Waals surface area contributed by atoms with Gasteiger partial charge in [0.15, 0.2) is 0 Å². The average Bonchev–Trinajstić information content (AvgIpc) is 3.45. The van der Waals surface area contributed by atoms with Crippen molar-refractivity contribution in [3.05, 3.63) is 94.5 Å². The van der Waals surface area contributed by atoms with Crippen LogP contribution in [0.4, 0.5) is 5.69 Å². The maximum atomic E-state index is 2.46. The second kappa shape index (κ2) is 9.18. The standard InChI is InChI=1S/C31H29N2S2/c1-4-21(19-28-32(5-2)26-17-15-22-11-7-9-13-24(22)30(26)34-28)20-29-33(6-3)27-18-16-23-12-8-10-14-25(23)31(27)35-29/h7-20H,4-6H2,1-3H3/q+1. The summed E-state index contributed by atoms with van der Waals surface area (Å²) in [4.78, 5) is 3.84. The number of fused-ring (bicyclic) bond motifs is 6. The van der Waals surface area contributed by atoms with Gasteiger partial charge in [0.25, 0.3) is 5.01 Å². The first-order chi connectivity index (χ1) is 17.2. The van der Waals surface area contributed by atoms with Crippen LogP contribution in [-0.4, -0.2) is 6.54 Å². The Morgan fingerprint density at radius 2 is 1.57 bits per heavy atom. The Labute approximate surface area is 215 Å². The molecule has 0 bridgehead atoms. The number of allylic oxidation sites excluding steroid dienone is 2. The topological polar surface area (TPSA) is 7.12 Å². The number of thioether (sulfide) groups is 1. The van der Waals surface area contributed by atoms with Crippen molar-refractivity contribution in [2.45, 2.75) is 38.6 Å². The van der Waals surface area contributed by atoms with E-state index in [1.165, 1.54) is 58.0 Å². The van der Waals surface area contributed by atoms with E-state index in [1.807, 2.05) is 23.1 Å². The summed E-state index contributed by atoms with van der Waals surface area (Å²) in [5.41, 5.74) is 4.02. The number of benzene rings is 4. The van der Waals surface area contributed by atoms with Crippen LogP contribution in [0.5, 0.6) is 0 Å². The third-order valence-electron chi connectivity index (χ3n) is 6.90. The van der Waals surface area contributed by atoms with Crippen molar-refractivity contribution in [3.8, 4) is 0 Å². The van der Waals surface area contributed by atoms with Gasteiger partial charge in [0.1, 0.15) is 11.2 Å². The molecule has 174 valence electrons. The summed E-state index contributed by atoms with van der Waals surface area (Å²) in [5, 5.41) is 7.95. The molecule has 1 aromatic heterocycles. The van der Waals surface area contributed by atoms with Gasteiger partial charge in [0, 0.05) is 29.0 Å². The zero-order valence-electron chi connectivity index (χ0n) is 20.4. The van der Waals surface area contributed by atoms with Crippen LogP contribution in [0.1, 0.15) is 32.2 Å². The first-order valence-corrected chi connectivity index (χ1v) is 14.1. The van der Waals surface area contributed by atoms with Crippen molar-refractivity contribution in [2.24, 2.45) is 0 Å². The maximum absolute atomic E-state index is 2.46. The highest BCUT2D eigenvalue weighted by Crippen LogP contribution is 2.49. The third-order valence-corrected chi connectivity index (χ3v) is 9.26. The van der Waals surface area contributed by atoms with Crippen molar-refractivity contribution >= 4 is 66.6 Å². The van der Waals surface area contributed by atoms with E-state index in [4.69, 9.17) is 0 Å². The highest BCUT2D eigenvalue weighted by Gasteiger charge is 2.26. The molecule has 5 aromatic rings. The Bertz CT molecular complexity index is 1640. The molecule has 0 saturated heterocycles. The van der Waals surface area contributed by atoms with Gasteiger partial charge in [-0.25, -0.2) is 0 Å². The number of aromatic nitrogens is 1. The average molecular weight is 494 g/mol. The lowest BCUT2D eigenvalue weighted by atomic mass is 10.1. The summed E-state index contributed by atoms with van der Waals surface area (Å²) in [6.07, 6.45) is 5.81. The summed E-state index contributed by atoms with van der Waals surface area (Å²) in [6, 6.07) is 26.5. The molecule has 4 aromatic carbocycles. The van der Waals surface area contributed by atoms with Gasteiger partial charge >= 0.3 is 0 Å². The minimum absolute atomic E-state index is 0.963. The van der Waals surface area contributed by atoms with Crippen molar-refractivity contribution in [1.29, 1.82) is 0 Å². The van der Waals surface area contributed by atoms with Gasteiger partial charge < -0.3 is 4.90 Å². The molecule has 2 nitrogen and oxygen atoms in total. The van der Waals surface area contributed by atoms with E-state index in [0.29, 0.717) is 0 Å². The summed E-state index contributed by atoms with van der Waals surface area (Å²) >= 11 is 3.82. The smallest absolute Gasteiger partial charge is 0.263 e. The molecule has 0 amide bonds. The second-order valence-electron chi connectivity index (χ2n) is 8.86. The Hall–Kier alpha value is -3.08. The zero-order valence-corrected chi connectivity index (χ0v) is 22.0. The fourth-order valence-corrected chi connectivity index (χ4v) is 7.76. The van der Waals surface area contributed by atoms with E-state index in [1.54, 1.807) is 0 Å². The van der Waals surface area contributed by atoms with E-state index < -0.39 is 0 Å². The Balaban J connectivity index is 1.45. The quantitative estimate of drug-likeness (QED) is 0.226. The monoisotopic (exact) mass is 493 g/mol. The molecular weight excluding hydrogens is 464 g/mol. The number of hydrogen-bond acceptors (Lipinski definition) is 3. The van der Waals surface area contributed by atoms with Crippen LogP contribution in [0.15, 0.2) is 94.4 Å². The van der Waals surface area contributed by atoms with Gasteiger partial charge in [-0.2, -0.15) is 4.57 Å². The number of thiazole rings is 1. The van der Waals surface area contributed by atoms with Crippen LogP contribution in [0, 0.1) is 0 Å². The lowest BCUT2D eigenvalue weighted by Crippen LogP contribution is -2.33. The van der Waals surface area contributed by atoms with Crippen molar-refractivity contribution in [2.75, 3.05) is 11.4 Å². The van der Waals surface area contributed by atoms with Crippen LogP contribution in [-0.2, 0) is 6.54 Å². The number of rotatable bonds is 5. The van der Waals surface area contributed by atoms with E-state index >= 15 is 0 Å². The first kappa shape index (κ1) is 22.4. The Kier molecular flexibility index (Phi) is 5.87. The molecule has 6 rings (SSSR count). The molecule has 4 heteroatoms. The van der Waals surface area contributed by atoms with E-state index in [0.717, 1.165) is 19.5 Å². The van der Waals surface area contributed by atoms with Crippen LogP contribution in [0.2, 0.25) is 0 Å². The summed E-state index contributed by atoms with van der Waals surface area (Å²) < 4.78 is 3.84. The summed E-state index contributed by atoms with van der Waals surface area (Å²) in [5.74, 6) is 0. The molecule has 0 atom stereocenters. The molecule has 0 spiro atoms. The SMILES string of the molecule is CCC(/C=C1\Sc2c(ccc3ccccc23)N1CC)=C\c1sc2c3ccccc3ccc2[n+]1CC. The predicted octanol–water partition coefficient (Wildman–Crippen LogP) is 8.78. The number of anilines is 1. The van der Waals surface area contributed by atoms with Gasteiger partial charge in [0.2, 0.25) is 5.52 Å². The molecule has 0 N–H and O–H groups in total.